The molecule has 0 aromatic heterocycles. The molecule has 0 heterocycles. The summed E-state index contributed by atoms with van der Waals surface area (Å²) in [7, 11) is 1.62. The Bertz CT molecular complexity index is 657. The van der Waals surface area contributed by atoms with Gasteiger partial charge in [0.2, 0.25) is 5.91 Å². The lowest BCUT2D eigenvalue weighted by atomic mass is 10.2. The van der Waals surface area contributed by atoms with Crippen LogP contribution in [0.2, 0.25) is 10.0 Å². The average molecular weight is 370 g/mol. The Morgan fingerprint density at radius 2 is 1.78 bits per heavy atom. The molecule has 2 rings (SSSR count). The van der Waals surface area contributed by atoms with Crippen LogP contribution < -0.4 is 10.1 Å². The van der Waals surface area contributed by atoms with Crippen molar-refractivity contribution in [1.29, 1.82) is 0 Å². The quantitative estimate of drug-likeness (QED) is 0.743. The Hall–Kier alpha value is -1.36. The van der Waals surface area contributed by atoms with Crippen LogP contribution in [-0.4, -0.2) is 18.3 Å². The molecule has 1 N–H and O–H groups in total. The highest BCUT2D eigenvalue weighted by Crippen LogP contribution is 2.36. The molecule has 6 heteroatoms. The lowest BCUT2D eigenvalue weighted by molar-refractivity contribution is -0.120. The molecule has 1 atom stereocenters. The molecule has 0 saturated heterocycles. The van der Waals surface area contributed by atoms with E-state index in [0.717, 1.165) is 16.2 Å². The Morgan fingerprint density at radius 1 is 1.17 bits per heavy atom. The molecule has 2 aromatic carbocycles. The second-order valence-electron chi connectivity index (χ2n) is 4.88. The number of methoxy groups -OCH3 is 1. The zero-order valence-corrected chi connectivity index (χ0v) is 15.1. The molecule has 3 nitrogen and oxygen atoms in total. The molecule has 0 spiro atoms. The Kier molecular flexibility index (Phi) is 6.63. The lowest BCUT2D eigenvalue weighted by Gasteiger charge is -2.14. The van der Waals surface area contributed by atoms with Crippen molar-refractivity contribution in [2.75, 3.05) is 7.11 Å². The van der Waals surface area contributed by atoms with Gasteiger partial charge in [-0.15, -0.1) is 11.8 Å². The van der Waals surface area contributed by atoms with Gasteiger partial charge in [-0.05, 0) is 36.8 Å². The monoisotopic (exact) mass is 369 g/mol. The van der Waals surface area contributed by atoms with Gasteiger partial charge in [0.25, 0.3) is 0 Å². The summed E-state index contributed by atoms with van der Waals surface area (Å²) in [5.74, 6) is 0.721. The van der Waals surface area contributed by atoms with Crippen molar-refractivity contribution < 1.29 is 9.53 Å². The van der Waals surface area contributed by atoms with Gasteiger partial charge in [0.1, 0.15) is 5.75 Å². The summed E-state index contributed by atoms with van der Waals surface area (Å²) in [6, 6.07) is 12.9. The maximum absolute atomic E-state index is 12.2. The summed E-state index contributed by atoms with van der Waals surface area (Å²) >= 11 is 13.6. The van der Waals surface area contributed by atoms with Gasteiger partial charge in [0.15, 0.2) is 0 Å². The number of ether oxygens (including phenoxy) is 1. The van der Waals surface area contributed by atoms with E-state index in [2.05, 4.69) is 5.32 Å². The van der Waals surface area contributed by atoms with E-state index >= 15 is 0 Å². The number of benzene rings is 2. The SMILES string of the molecule is COc1ccc(CNC(=O)C(C)Sc2c(Cl)cccc2Cl)cc1. The van der Waals surface area contributed by atoms with E-state index in [1.54, 1.807) is 25.3 Å². The summed E-state index contributed by atoms with van der Waals surface area (Å²) in [6.45, 7) is 2.29. The van der Waals surface area contributed by atoms with Gasteiger partial charge in [-0.3, -0.25) is 4.79 Å². The van der Waals surface area contributed by atoms with Crippen molar-refractivity contribution in [3.8, 4) is 5.75 Å². The third kappa shape index (κ3) is 5.06. The van der Waals surface area contributed by atoms with Crippen molar-refractivity contribution in [2.45, 2.75) is 23.6 Å². The first-order valence-corrected chi connectivity index (χ1v) is 8.66. The summed E-state index contributed by atoms with van der Waals surface area (Å²) in [6.07, 6.45) is 0. The zero-order valence-electron chi connectivity index (χ0n) is 12.8. The van der Waals surface area contributed by atoms with Gasteiger partial charge in [-0.25, -0.2) is 0 Å². The Morgan fingerprint density at radius 3 is 2.35 bits per heavy atom. The van der Waals surface area contributed by atoms with Crippen molar-refractivity contribution in [2.24, 2.45) is 0 Å². The number of halogens is 2. The minimum Gasteiger partial charge on any atom is -0.497 e. The van der Waals surface area contributed by atoms with Gasteiger partial charge in [-0.1, -0.05) is 41.4 Å². The predicted molar refractivity (Wildman–Crippen MR) is 96.6 cm³/mol. The molecular formula is C17H17Cl2NO2S. The van der Waals surface area contributed by atoms with Crippen molar-refractivity contribution >= 4 is 40.9 Å². The summed E-state index contributed by atoms with van der Waals surface area (Å²) in [5.41, 5.74) is 1.01. The lowest BCUT2D eigenvalue weighted by Crippen LogP contribution is -2.30. The van der Waals surface area contributed by atoms with E-state index in [1.165, 1.54) is 11.8 Å². The van der Waals surface area contributed by atoms with Gasteiger partial charge < -0.3 is 10.1 Å². The van der Waals surface area contributed by atoms with E-state index in [0.29, 0.717) is 16.6 Å². The van der Waals surface area contributed by atoms with E-state index in [-0.39, 0.29) is 11.2 Å². The zero-order chi connectivity index (χ0) is 16.8. The summed E-state index contributed by atoms with van der Waals surface area (Å²) in [5, 5.41) is 3.71. The van der Waals surface area contributed by atoms with Gasteiger partial charge >= 0.3 is 0 Å². The fourth-order valence-corrected chi connectivity index (χ4v) is 3.47. The van der Waals surface area contributed by atoms with Crippen LogP contribution in [0.25, 0.3) is 0 Å². The Balaban J connectivity index is 1.92. The highest BCUT2D eigenvalue weighted by Gasteiger charge is 2.17. The summed E-state index contributed by atoms with van der Waals surface area (Å²) in [4.78, 5) is 12.9. The van der Waals surface area contributed by atoms with Crippen molar-refractivity contribution in [3.63, 3.8) is 0 Å². The minimum absolute atomic E-state index is 0.0678. The fraction of sp³-hybridized carbons (Fsp3) is 0.235. The molecule has 2 aromatic rings. The first-order chi connectivity index (χ1) is 11.0. The maximum atomic E-state index is 12.2. The second-order valence-corrected chi connectivity index (χ2v) is 7.04. The molecule has 23 heavy (non-hydrogen) atoms. The van der Waals surface area contributed by atoms with Crippen LogP contribution in [-0.2, 0) is 11.3 Å². The largest absolute Gasteiger partial charge is 0.497 e. The molecule has 0 radical (unpaired) electrons. The summed E-state index contributed by atoms with van der Waals surface area (Å²) < 4.78 is 5.11. The molecule has 0 fully saturated rings. The minimum atomic E-state index is -0.300. The maximum Gasteiger partial charge on any atom is 0.233 e. The van der Waals surface area contributed by atoms with Crippen molar-refractivity contribution in [3.05, 3.63) is 58.1 Å². The van der Waals surface area contributed by atoms with Crippen LogP contribution in [0.5, 0.6) is 5.75 Å². The molecule has 0 aliphatic rings. The van der Waals surface area contributed by atoms with Crippen LogP contribution in [0.4, 0.5) is 0 Å². The topological polar surface area (TPSA) is 38.3 Å². The van der Waals surface area contributed by atoms with Crippen LogP contribution in [0, 0.1) is 0 Å². The Labute approximate surface area is 150 Å². The van der Waals surface area contributed by atoms with Crippen LogP contribution in [0.3, 0.4) is 0 Å². The standard InChI is InChI=1S/C17H17Cl2NO2S/c1-11(23-16-14(18)4-3-5-15(16)19)17(21)20-10-12-6-8-13(22-2)9-7-12/h3-9,11H,10H2,1-2H3,(H,20,21). The number of carbonyl (C=O) groups excluding carboxylic acids is 1. The van der Waals surface area contributed by atoms with Gasteiger partial charge in [0.05, 0.1) is 22.4 Å². The number of amides is 1. The van der Waals surface area contributed by atoms with Crippen molar-refractivity contribution in [1.82, 2.24) is 5.32 Å². The van der Waals surface area contributed by atoms with E-state index in [9.17, 15) is 4.79 Å². The highest BCUT2D eigenvalue weighted by atomic mass is 35.5. The molecular weight excluding hydrogens is 353 g/mol. The predicted octanol–water partition coefficient (Wildman–Crippen LogP) is 4.80. The molecule has 1 amide bonds. The molecule has 0 aliphatic heterocycles. The number of rotatable bonds is 6. The van der Waals surface area contributed by atoms with E-state index < -0.39 is 0 Å². The number of thioether (sulfide) groups is 1. The van der Waals surface area contributed by atoms with E-state index in [1.807, 2.05) is 31.2 Å². The third-order valence-corrected chi connectivity index (χ3v) is 5.31. The molecule has 0 bridgehead atoms. The van der Waals surface area contributed by atoms with Crippen LogP contribution in [0.1, 0.15) is 12.5 Å². The molecule has 0 saturated carbocycles. The van der Waals surface area contributed by atoms with Gasteiger partial charge in [0, 0.05) is 11.4 Å². The van der Waals surface area contributed by atoms with E-state index in [4.69, 9.17) is 27.9 Å². The fourth-order valence-electron chi connectivity index (χ4n) is 1.90. The third-order valence-electron chi connectivity index (χ3n) is 3.21. The molecule has 0 aliphatic carbocycles. The average Bonchev–Trinajstić information content (AvgIpc) is 2.56. The van der Waals surface area contributed by atoms with Gasteiger partial charge in [-0.2, -0.15) is 0 Å². The molecule has 1 unspecified atom stereocenters. The number of carbonyl (C=O) groups is 1. The molecule has 122 valence electrons. The first kappa shape index (κ1) is 18.0. The first-order valence-electron chi connectivity index (χ1n) is 7.02. The second kappa shape index (κ2) is 8.48. The van der Waals surface area contributed by atoms with Crippen LogP contribution in [0.15, 0.2) is 47.4 Å². The smallest absolute Gasteiger partial charge is 0.233 e. The van der Waals surface area contributed by atoms with Crippen LogP contribution >= 0.6 is 35.0 Å². The highest BCUT2D eigenvalue weighted by molar-refractivity contribution is 8.00. The number of hydrogen-bond donors (Lipinski definition) is 1. The number of nitrogens with one attached hydrogen (secondary N) is 1. The number of hydrogen-bond acceptors (Lipinski definition) is 3. The normalized spacial score (nSPS) is 11.8.